The van der Waals surface area contributed by atoms with Crippen molar-refractivity contribution < 1.29 is 9.90 Å². The monoisotopic (exact) mass is 353 g/mol. The number of hydrogen-bond donors (Lipinski definition) is 1. The van der Waals surface area contributed by atoms with E-state index in [4.69, 9.17) is 11.6 Å². The Morgan fingerprint density at radius 1 is 1.25 bits per heavy atom. The summed E-state index contributed by atoms with van der Waals surface area (Å²) in [7, 11) is 1.85. The molecule has 20 heavy (non-hydrogen) atoms. The molecular weight excluding hydrogens is 342 g/mol. The van der Waals surface area contributed by atoms with Gasteiger partial charge in [0, 0.05) is 18.1 Å². The van der Waals surface area contributed by atoms with Crippen molar-refractivity contribution in [2.45, 2.75) is 6.54 Å². The first-order chi connectivity index (χ1) is 9.49. The maximum atomic E-state index is 11.3. The predicted octanol–water partition coefficient (Wildman–Crippen LogP) is 4.44. The van der Waals surface area contributed by atoms with Gasteiger partial charge in [-0.05, 0) is 29.8 Å². The number of carbonyl (C=O) groups is 1. The summed E-state index contributed by atoms with van der Waals surface area (Å²) in [5, 5.41) is 9.53. The van der Waals surface area contributed by atoms with E-state index in [1.54, 1.807) is 18.2 Å². The Labute approximate surface area is 130 Å². The minimum atomic E-state index is -1.02. The number of carboxylic acids is 1. The minimum Gasteiger partial charge on any atom is -0.478 e. The zero-order chi connectivity index (χ0) is 14.7. The number of halogens is 2. The Morgan fingerprint density at radius 3 is 2.50 bits per heavy atom. The zero-order valence-electron chi connectivity index (χ0n) is 10.8. The second-order valence-corrected chi connectivity index (χ2v) is 5.74. The molecular formula is C15H13BrClNO2. The first kappa shape index (κ1) is 14.9. The molecule has 2 rings (SSSR count). The summed E-state index contributed by atoms with van der Waals surface area (Å²) in [6.45, 7) is 0.605. The molecule has 0 saturated carbocycles. The largest absolute Gasteiger partial charge is 0.478 e. The van der Waals surface area contributed by atoms with Crippen molar-refractivity contribution in [3.05, 3.63) is 63.1 Å². The number of nitrogens with zero attached hydrogens (tertiary/aromatic N) is 1. The molecule has 0 aliphatic carbocycles. The van der Waals surface area contributed by atoms with Crippen molar-refractivity contribution in [3.63, 3.8) is 0 Å². The molecule has 0 fully saturated rings. The SMILES string of the molecule is CN(Cc1ccc(Br)cc1)c1cccc(Cl)c1C(=O)O. The number of anilines is 1. The second kappa shape index (κ2) is 6.29. The fourth-order valence-corrected chi connectivity index (χ4v) is 2.51. The highest BCUT2D eigenvalue weighted by molar-refractivity contribution is 9.10. The van der Waals surface area contributed by atoms with Crippen LogP contribution in [0.5, 0.6) is 0 Å². The molecule has 0 aliphatic heterocycles. The number of hydrogen-bond acceptors (Lipinski definition) is 2. The van der Waals surface area contributed by atoms with Crippen molar-refractivity contribution in [1.29, 1.82) is 0 Å². The molecule has 2 aromatic rings. The average Bonchev–Trinajstić information content (AvgIpc) is 2.40. The molecule has 0 spiro atoms. The van der Waals surface area contributed by atoms with E-state index in [0.29, 0.717) is 12.2 Å². The standard InChI is InChI=1S/C15H13BrClNO2/c1-18(9-10-5-7-11(16)8-6-10)13-4-2-3-12(17)14(13)15(19)20/h2-8H,9H2,1H3,(H,19,20). The molecule has 0 unspecified atom stereocenters. The fourth-order valence-electron chi connectivity index (χ4n) is 1.99. The van der Waals surface area contributed by atoms with Gasteiger partial charge in [-0.2, -0.15) is 0 Å². The van der Waals surface area contributed by atoms with Gasteiger partial charge in [-0.3, -0.25) is 0 Å². The van der Waals surface area contributed by atoms with Gasteiger partial charge >= 0.3 is 5.97 Å². The van der Waals surface area contributed by atoms with Gasteiger partial charge in [-0.1, -0.05) is 45.7 Å². The number of carboxylic acid groups (broad SMARTS) is 1. The van der Waals surface area contributed by atoms with Gasteiger partial charge in [-0.25, -0.2) is 4.79 Å². The van der Waals surface area contributed by atoms with Crippen LogP contribution in [0.4, 0.5) is 5.69 Å². The summed E-state index contributed by atoms with van der Waals surface area (Å²) in [6.07, 6.45) is 0. The van der Waals surface area contributed by atoms with E-state index in [2.05, 4.69) is 15.9 Å². The molecule has 0 aliphatic rings. The molecule has 0 radical (unpaired) electrons. The summed E-state index contributed by atoms with van der Waals surface area (Å²) in [6, 6.07) is 13.0. The quantitative estimate of drug-likeness (QED) is 0.882. The van der Waals surface area contributed by atoms with Crippen LogP contribution in [0.15, 0.2) is 46.9 Å². The lowest BCUT2D eigenvalue weighted by Crippen LogP contribution is -2.19. The number of benzene rings is 2. The van der Waals surface area contributed by atoms with Gasteiger partial charge in [0.05, 0.1) is 10.7 Å². The molecule has 0 bridgehead atoms. The van der Waals surface area contributed by atoms with Crippen LogP contribution in [0.3, 0.4) is 0 Å². The lowest BCUT2D eigenvalue weighted by atomic mass is 10.1. The lowest BCUT2D eigenvalue weighted by Gasteiger charge is -2.22. The highest BCUT2D eigenvalue weighted by Gasteiger charge is 2.17. The van der Waals surface area contributed by atoms with Crippen LogP contribution in [0, 0.1) is 0 Å². The van der Waals surface area contributed by atoms with E-state index in [1.165, 1.54) is 0 Å². The van der Waals surface area contributed by atoms with Crippen molar-refractivity contribution in [3.8, 4) is 0 Å². The third-order valence-corrected chi connectivity index (χ3v) is 3.79. The van der Waals surface area contributed by atoms with Crippen LogP contribution in [-0.4, -0.2) is 18.1 Å². The zero-order valence-corrected chi connectivity index (χ0v) is 13.1. The van der Waals surface area contributed by atoms with Crippen molar-refractivity contribution in [2.75, 3.05) is 11.9 Å². The first-order valence-electron chi connectivity index (χ1n) is 5.96. The van der Waals surface area contributed by atoms with Crippen molar-refractivity contribution in [1.82, 2.24) is 0 Å². The van der Waals surface area contributed by atoms with Crippen LogP contribution >= 0.6 is 27.5 Å². The fraction of sp³-hybridized carbons (Fsp3) is 0.133. The molecule has 104 valence electrons. The molecule has 2 aromatic carbocycles. The lowest BCUT2D eigenvalue weighted by molar-refractivity contribution is 0.0697. The Bertz CT molecular complexity index is 628. The van der Waals surface area contributed by atoms with E-state index in [9.17, 15) is 9.90 Å². The predicted molar refractivity (Wildman–Crippen MR) is 84.7 cm³/mol. The average molecular weight is 355 g/mol. The topological polar surface area (TPSA) is 40.5 Å². The smallest absolute Gasteiger partial charge is 0.339 e. The number of aromatic carboxylic acids is 1. The maximum absolute atomic E-state index is 11.3. The van der Waals surface area contributed by atoms with Crippen LogP contribution in [0.25, 0.3) is 0 Å². The molecule has 3 nitrogen and oxygen atoms in total. The highest BCUT2D eigenvalue weighted by Crippen LogP contribution is 2.28. The van der Waals surface area contributed by atoms with Gasteiger partial charge in [0.25, 0.3) is 0 Å². The molecule has 0 aromatic heterocycles. The minimum absolute atomic E-state index is 0.133. The summed E-state index contributed by atoms with van der Waals surface area (Å²) in [5.74, 6) is -1.02. The van der Waals surface area contributed by atoms with Gasteiger partial charge in [-0.15, -0.1) is 0 Å². The molecule has 0 amide bonds. The summed E-state index contributed by atoms with van der Waals surface area (Å²) < 4.78 is 1.01. The number of rotatable bonds is 4. The molecule has 0 heterocycles. The molecule has 1 N–H and O–H groups in total. The highest BCUT2D eigenvalue weighted by atomic mass is 79.9. The van der Waals surface area contributed by atoms with Gasteiger partial charge in [0.2, 0.25) is 0 Å². The maximum Gasteiger partial charge on any atom is 0.339 e. The third kappa shape index (κ3) is 3.32. The van der Waals surface area contributed by atoms with Gasteiger partial charge < -0.3 is 10.0 Å². The first-order valence-corrected chi connectivity index (χ1v) is 7.13. The van der Waals surface area contributed by atoms with Crippen LogP contribution in [0.1, 0.15) is 15.9 Å². The Balaban J connectivity index is 2.29. The molecule has 0 atom stereocenters. The molecule has 0 saturated heterocycles. The third-order valence-electron chi connectivity index (χ3n) is 2.95. The van der Waals surface area contributed by atoms with Crippen molar-refractivity contribution in [2.24, 2.45) is 0 Å². The van der Waals surface area contributed by atoms with E-state index in [0.717, 1.165) is 10.0 Å². The van der Waals surface area contributed by atoms with Crippen LogP contribution in [0.2, 0.25) is 5.02 Å². The van der Waals surface area contributed by atoms with E-state index < -0.39 is 5.97 Å². The molecule has 5 heteroatoms. The van der Waals surface area contributed by atoms with Gasteiger partial charge in [0.15, 0.2) is 0 Å². The Morgan fingerprint density at radius 2 is 1.90 bits per heavy atom. The van der Waals surface area contributed by atoms with Crippen molar-refractivity contribution >= 4 is 39.2 Å². The van der Waals surface area contributed by atoms with Gasteiger partial charge in [0.1, 0.15) is 5.56 Å². The van der Waals surface area contributed by atoms with Crippen LogP contribution < -0.4 is 4.90 Å². The second-order valence-electron chi connectivity index (χ2n) is 4.42. The summed E-state index contributed by atoms with van der Waals surface area (Å²) >= 11 is 9.37. The summed E-state index contributed by atoms with van der Waals surface area (Å²) in [4.78, 5) is 13.2. The van der Waals surface area contributed by atoms with E-state index >= 15 is 0 Å². The Hall–Kier alpha value is -1.52. The van der Waals surface area contributed by atoms with Crippen LogP contribution in [-0.2, 0) is 6.54 Å². The summed E-state index contributed by atoms with van der Waals surface area (Å²) in [5.41, 5.74) is 1.83. The Kier molecular flexibility index (Phi) is 4.68. The van der Waals surface area contributed by atoms with E-state index in [-0.39, 0.29) is 10.6 Å². The van der Waals surface area contributed by atoms with E-state index in [1.807, 2.05) is 36.2 Å². The normalized spacial score (nSPS) is 10.3.